The molecule has 53 heavy (non-hydrogen) atoms. The molecule has 254 valence electrons. The van der Waals surface area contributed by atoms with Crippen molar-refractivity contribution >= 4 is 33.1 Å². The summed E-state index contributed by atoms with van der Waals surface area (Å²) in [6.45, 7) is 4.74. The van der Waals surface area contributed by atoms with Gasteiger partial charge in [0.2, 0.25) is 0 Å². The van der Waals surface area contributed by atoms with Crippen LogP contribution in [0.15, 0.2) is 187 Å². The summed E-state index contributed by atoms with van der Waals surface area (Å²) >= 11 is 0. The van der Waals surface area contributed by atoms with Crippen LogP contribution in [0, 0.1) is 0 Å². The summed E-state index contributed by atoms with van der Waals surface area (Å²) in [6, 6.07) is 62.8. The first-order valence-corrected chi connectivity index (χ1v) is 18.4. The van der Waals surface area contributed by atoms with Crippen LogP contribution in [0.4, 0.5) is 0 Å². The average Bonchev–Trinajstić information content (AvgIpc) is 3.46. The van der Waals surface area contributed by atoms with Gasteiger partial charge in [0, 0.05) is 16.5 Å². The molecule has 8 aromatic rings. The molecule has 0 unspecified atom stereocenters. The van der Waals surface area contributed by atoms with Crippen LogP contribution in [-0.4, -0.2) is 5.84 Å². The van der Waals surface area contributed by atoms with Gasteiger partial charge >= 0.3 is 0 Å². The zero-order chi connectivity index (χ0) is 35.9. The van der Waals surface area contributed by atoms with Gasteiger partial charge in [0.15, 0.2) is 0 Å². The van der Waals surface area contributed by atoms with Crippen LogP contribution < -0.4 is 5.73 Å². The second-order valence-corrected chi connectivity index (χ2v) is 14.5. The van der Waals surface area contributed by atoms with Crippen molar-refractivity contribution in [2.45, 2.75) is 25.7 Å². The Labute approximate surface area is 311 Å². The third kappa shape index (κ3) is 5.73. The first-order valence-electron chi connectivity index (χ1n) is 18.4. The second kappa shape index (κ2) is 13.2. The summed E-state index contributed by atoms with van der Waals surface area (Å²) in [4.78, 5) is 5.18. The van der Waals surface area contributed by atoms with Crippen molar-refractivity contribution in [3.05, 3.63) is 210 Å². The molecule has 0 fully saturated rings. The van der Waals surface area contributed by atoms with Crippen molar-refractivity contribution in [1.82, 2.24) is 0 Å². The van der Waals surface area contributed by atoms with Gasteiger partial charge in [-0.05, 0) is 78.0 Å². The molecule has 1 aliphatic rings. The van der Waals surface area contributed by atoms with E-state index >= 15 is 0 Å². The van der Waals surface area contributed by atoms with Gasteiger partial charge in [-0.2, -0.15) is 0 Å². The number of hydrogen-bond donors (Lipinski definition) is 1. The topological polar surface area (TPSA) is 38.4 Å². The molecule has 8 aromatic carbocycles. The van der Waals surface area contributed by atoms with Gasteiger partial charge in [-0.15, -0.1) is 0 Å². The Morgan fingerprint density at radius 3 is 1.96 bits per heavy atom. The van der Waals surface area contributed by atoms with Crippen molar-refractivity contribution in [2.75, 3.05) is 0 Å². The van der Waals surface area contributed by atoms with Gasteiger partial charge in [0.25, 0.3) is 0 Å². The Balaban J connectivity index is 1.18. The number of nitrogens with zero attached hydrogens (tertiary/aromatic N) is 1. The van der Waals surface area contributed by atoms with Crippen molar-refractivity contribution < 1.29 is 0 Å². The van der Waals surface area contributed by atoms with E-state index < -0.39 is 0 Å². The molecule has 1 aliphatic carbocycles. The van der Waals surface area contributed by atoms with E-state index in [0.29, 0.717) is 5.84 Å². The number of rotatable bonds is 7. The highest BCUT2D eigenvalue weighted by molar-refractivity contribution is 6.09. The van der Waals surface area contributed by atoms with Gasteiger partial charge in [-0.25, -0.2) is 4.99 Å². The SMILES string of the molecule is CC1(C)c2cccc(-c3ccc(/C(=C/Cc4ccccc4)N=C(N)c4ccc(-c5ccccc5)cc4)c4ccccc34)c2-c2ccc3ccccc3c21. The molecule has 9 rings (SSSR count). The van der Waals surface area contributed by atoms with Crippen molar-refractivity contribution in [1.29, 1.82) is 0 Å². The van der Waals surface area contributed by atoms with Crippen LogP contribution >= 0.6 is 0 Å². The fraction of sp³-hybridized carbons (Fsp3) is 0.0784. The van der Waals surface area contributed by atoms with E-state index in [9.17, 15) is 0 Å². The fourth-order valence-corrected chi connectivity index (χ4v) is 8.34. The van der Waals surface area contributed by atoms with Crippen molar-refractivity contribution in [3.63, 3.8) is 0 Å². The first-order chi connectivity index (χ1) is 26.0. The smallest absolute Gasteiger partial charge is 0.131 e. The molecule has 0 atom stereocenters. The lowest BCUT2D eigenvalue weighted by Gasteiger charge is -2.23. The molecule has 2 N–H and O–H groups in total. The van der Waals surface area contributed by atoms with Gasteiger partial charge in [0.05, 0.1) is 5.70 Å². The predicted molar refractivity (Wildman–Crippen MR) is 225 cm³/mol. The quantitative estimate of drug-likeness (QED) is 0.132. The highest BCUT2D eigenvalue weighted by Gasteiger charge is 2.38. The number of benzene rings is 8. The second-order valence-electron chi connectivity index (χ2n) is 14.5. The third-order valence-corrected chi connectivity index (χ3v) is 11.0. The van der Waals surface area contributed by atoms with Crippen LogP contribution in [-0.2, 0) is 11.8 Å². The van der Waals surface area contributed by atoms with Crippen molar-refractivity contribution in [3.8, 4) is 33.4 Å². The highest BCUT2D eigenvalue weighted by atomic mass is 14.9. The molecule has 0 saturated heterocycles. The van der Waals surface area contributed by atoms with Crippen LogP contribution in [0.25, 0.3) is 60.6 Å². The van der Waals surface area contributed by atoms with Gasteiger partial charge in [-0.1, -0.05) is 196 Å². The zero-order valence-corrected chi connectivity index (χ0v) is 30.1. The minimum Gasteiger partial charge on any atom is -0.383 e. The van der Waals surface area contributed by atoms with E-state index in [0.717, 1.165) is 34.2 Å². The molecule has 0 radical (unpaired) electrons. The van der Waals surface area contributed by atoms with Gasteiger partial charge < -0.3 is 5.73 Å². The standard InChI is InChI=1S/C51H40N2/c1-51(2)46-23-13-22-44(48(46)45-30-29-37-18-9-10-19-39(37)49(45)51)42-31-32-43(41-21-12-11-20-40(41)42)47(33-24-34-14-5-3-6-15-34)53-50(52)38-27-25-36(26-28-38)35-16-7-4-8-17-35/h3-23,25-33H,24H2,1-2H3,(H2,52,53)/b47-33-. The Morgan fingerprint density at radius 1 is 0.547 bits per heavy atom. The molecule has 0 heterocycles. The van der Waals surface area contributed by atoms with Crippen LogP contribution in [0.3, 0.4) is 0 Å². The maximum atomic E-state index is 6.84. The molecule has 0 aliphatic heterocycles. The zero-order valence-electron chi connectivity index (χ0n) is 30.1. The van der Waals surface area contributed by atoms with Crippen LogP contribution in [0.5, 0.6) is 0 Å². The molecule has 0 saturated carbocycles. The summed E-state index contributed by atoms with van der Waals surface area (Å²) in [5, 5.41) is 4.95. The van der Waals surface area contributed by atoms with Crippen molar-refractivity contribution in [2.24, 2.45) is 10.7 Å². The number of fused-ring (bicyclic) bond motifs is 6. The lowest BCUT2D eigenvalue weighted by molar-refractivity contribution is 0.666. The minimum atomic E-state index is -0.129. The molecule has 2 nitrogen and oxygen atoms in total. The Kier molecular flexibility index (Phi) is 8.09. The molecule has 0 spiro atoms. The average molecular weight is 681 g/mol. The third-order valence-electron chi connectivity index (χ3n) is 11.0. The fourth-order valence-electron chi connectivity index (χ4n) is 8.34. The van der Waals surface area contributed by atoms with E-state index in [-0.39, 0.29) is 5.41 Å². The normalized spacial score (nSPS) is 13.6. The summed E-state index contributed by atoms with van der Waals surface area (Å²) in [5.41, 5.74) is 21.0. The number of nitrogens with two attached hydrogens (primary N) is 1. The van der Waals surface area contributed by atoms with Gasteiger partial charge in [0.1, 0.15) is 5.84 Å². The van der Waals surface area contributed by atoms with E-state index in [1.165, 1.54) is 60.7 Å². The summed E-state index contributed by atoms with van der Waals surface area (Å²) in [6.07, 6.45) is 2.95. The summed E-state index contributed by atoms with van der Waals surface area (Å²) < 4.78 is 0. The van der Waals surface area contributed by atoms with E-state index in [1.807, 2.05) is 6.07 Å². The Morgan fingerprint density at radius 2 is 1.19 bits per heavy atom. The molecule has 2 heteroatoms. The van der Waals surface area contributed by atoms with E-state index in [4.69, 9.17) is 10.7 Å². The molecule has 0 amide bonds. The minimum absolute atomic E-state index is 0.129. The lowest BCUT2D eigenvalue weighted by atomic mass is 9.80. The molecule has 0 aromatic heterocycles. The number of amidine groups is 1. The van der Waals surface area contributed by atoms with E-state index in [1.54, 1.807) is 0 Å². The lowest BCUT2D eigenvalue weighted by Crippen LogP contribution is -2.15. The monoisotopic (exact) mass is 680 g/mol. The number of aliphatic imine (C=N–C) groups is 1. The highest BCUT2D eigenvalue weighted by Crippen LogP contribution is 2.54. The summed E-state index contributed by atoms with van der Waals surface area (Å²) in [5.74, 6) is 0.490. The maximum absolute atomic E-state index is 6.84. The molecular formula is C51H40N2. The summed E-state index contributed by atoms with van der Waals surface area (Å²) in [7, 11) is 0. The Bertz CT molecular complexity index is 2700. The van der Waals surface area contributed by atoms with Crippen LogP contribution in [0.1, 0.15) is 41.7 Å². The van der Waals surface area contributed by atoms with Crippen LogP contribution in [0.2, 0.25) is 0 Å². The molecule has 0 bridgehead atoms. The predicted octanol–water partition coefficient (Wildman–Crippen LogP) is 12.6. The first kappa shape index (κ1) is 32.4. The largest absolute Gasteiger partial charge is 0.383 e. The number of hydrogen-bond acceptors (Lipinski definition) is 1. The van der Waals surface area contributed by atoms with E-state index in [2.05, 4.69) is 190 Å². The number of allylic oxidation sites excluding steroid dienone is 1. The molecular weight excluding hydrogens is 641 g/mol. The Hall–Kier alpha value is -6.51. The van der Waals surface area contributed by atoms with Gasteiger partial charge in [-0.3, -0.25) is 0 Å². The maximum Gasteiger partial charge on any atom is 0.131 e.